The van der Waals surface area contributed by atoms with Crippen molar-refractivity contribution in [3.8, 4) is 0 Å². The fourth-order valence-electron chi connectivity index (χ4n) is 1.96. The van der Waals surface area contributed by atoms with Crippen molar-refractivity contribution >= 4 is 12.6 Å². The van der Waals surface area contributed by atoms with Crippen molar-refractivity contribution in [1.29, 1.82) is 0 Å². The summed E-state index contributed by atoms with van der Waals surface area (Å²) >= 11 is 4.58. The highest BCUT2D eigenvalue weighted by molar-refractivity contribution is 7.80. The van der Waals surface area contributed by atoms with Gasteiger partial charge in [0.25, 0.3) is 0 Å². The second kappa shape index (κ2) is 6.62. The lowest BCUT2D eigenvalue weighted by molar-refractivity contribution is 0.250. The summed E-state index contributed by atoms with van der Waals surface area (Å²) in [5, 5.41) is 0.241. The fraction of sp³-hybridized carbons (Fsp3) is 0.250. The maximum absolute atomic E-state index is 4.58. The molecule has 0 bridgehead atoms. The lowest BCUT2D eigenvalue weighted by atomic mass is 10.1. The molecule has 0 saturated heterocycles. The lowest BCUT2D eigenvalue weighted by Gasteiger charge is -2.26. The Balaban J connectivity index is 2.05. The van der Waals surface area contributed by atoms with Gasteiger partial charge in [-0.25, -0.2) is 0 Å². The van der Waals surface area contributed by atoms with Crippen molar-refractivity contribution in [2.45, 2.75) is 25.4 Å². The molecule has 0 saturated carbocycles. The minimum absolute atomic E-state index is 0.241. The number of hydrogen-bond donors (Lipinski definition) is 1. The molecule has 2 aromatic rings. The summed E-state index contributed by atoms with van der Waals surface area (Å²) in [6.07, 6.45) is 0. The first-order valence-corrected chi connectivity index (χ1v) is 6.77. The zero-order valence-electron chi connectivity index (χ0n) is 10.7. The molecule has 2 rings (SSSR count). The second-order valence-electron chi connectivity index (χ2n) is 4.51. The van der Waals surface area contributed by atoms with Gasteiger partial charge in [-0.1, -0.05) is 60.7 Å². The summed E-state index contributed by atoms with van der Waals surface area (Å²) in [5.41, 5.74) is 2.66. The van der Waals surface area contributed by atoms with Crippen LogP contribution in [0.3, 0.4) is 0 Å². The van der Waals surface area contributed by atoms with E-state index in [4.69, 9.17) is 0 Å². The molecule has 1 unspecified atom stereocenters. The Kier molecular flexibility index (Phi) is 4.85. The van der Waals surface area contributed by atoms with E-state index < -0.39 is 0 Å². The smallest absolute Gasteiger partial charge is 0.0506 e. The standard InChI is InChI=1S/C16H19NS/c1-14(18)17(12-15-8-4-2-5-9-15)13-16-10-6-3-7-11-16/h2-11,14,18H,12-13H2,1H3. The van der Waals surface area contributed by atoms with Crippen molar-refractivity contribution < 1.29 is 0 Å². The molecule has 2 heteroatoms. The van der Waals surface area contributed by atoms with Crippen LogP contribution >= 0.6 is 12.6 Å². The van der Waals surface area contributed by atoms with Crippen LogP contribution in [0.15, 0.2) is 60.7 Å². The van der Waals surface area contributed by atoms with E-state index in [1.165, 1.54) is 11.1 Å². The Bertz CT molecular complexity index is 412. The minimum atomic E-state index is 0.241. The molecule has 1 atom stereocenters. The summed E-state index contributed by atoms with van der Waals surface area (Å²) in [5.74, 6) is 0. The molecule has 0 aromatic heterocycles. The quantitative estimate of drug-likeness (QED) is 0.626. The third kappa shape index (κ3) is 3.90. The molecule has 0 aliphatic rings. The van der Waals surface area contributed by atoms with Crippen LogP contribution in [0, 0.1) is 0 Å². The molecule has 18 heavy (non-hydrogen) atoms. The molecular weight excluding hydrogens is 238 g/mol. The van der Waals surface area contributed by atoms with Gasteiger partial charge in [0.1, 0.15) is 0 Å². The zero-order valence-corrected chi connectivity index (χ0v) is 11.6. The fourth-order valence-corrected chi connectivity index (χ4v) is 2.12. The van der Waals surface area contributed by atoms with E-state index in [-0.39, 0.29) is 5.37 Å². The molecule has 0 fully saturated rings. The number of benzene rings is 2. The number of rotatable bonds is 5. The van der Waals surface area contributed by atoms with Crippen LogP contribution in [0.25, 0.3) is 0 Å². The van der Waals surface area contributed by atoms with Gasteiger partial charge >= 0.3 is 0 Å². The highest BCUT2D eigenvalue weighted by atomic mass is 32.1. The van der Waals surface area contributed by atoms with Gasteiger partial charge in [0.05, 0.1) is 5.37 Å². The van der Waals surface area contributed by atoms with Gasteiger partial charge in [0.15, 0.2) is 0 Å². The van der Waals surface area contributed by atoms with E-state index in [2.05, 4.69) is 85.1 Å². The number of hydrogen-bond acceptors (Lipinski definition) is 2. The molecule has 2 aromatic carbocycles. The first-order valence-electron chi connectivity index (χ1n) is 6.25. The molecule has 0 amide bonds. The average molecular weight is 257 g/mol. The molecule has 94 valence electrons. The highest BCUT2D eigenvalue weighted by Crippen LogP contribution is 2.14. The van der Waals surface area contributed by atoms with Gasteiger partial charge in [-0.15, -0.1) is 0 Å². The van der Waals surface area contributed by atoms with Crippen LogP contribution in [-0.4, -0.2) is 10.3 Å². The number of nitrogens with zero attached hydrogens (tertiary/aromatic N) is 1. The van der Waals surface area contributed by atoms with E-state index in [1.54, 1.807) is 0 Å². The van der Waals surface area contributed by atoms with Crippen molar-refractivity contribution in [3.63, 3.8) is 0 Å². The lowest BCUT2D eigenvalue weighted by Crippen LogP contribution is -2.28. The maximum Gasteiger partial charge on any atom is 0.0506 e. The van der Waals surface area contributed by atoms with Crippen LogP contribution in [-0.2, 0) is 13.1 Å². The highest BCUT2D eigenvalue weighted by Gasteiger charge is 2.11. The largest absolute Gasteiger partial charge is 0.283 e. The summed E-state index contributed by atoms with van der Waals surface area (Å²) in [6.45, 7) is 3.98. The summed E-state index contributed by atoms with van der Waals surface area (Å²) in [4.78, 5) is 2.35. The third-order valence-electron chi connectivity index (χ3n) is 2.99. The Hall–Kier alpha value is -1.25. The van der Waals surface area contributed by atoms with Gasteiger partial charge in [-0.3, -0.25) is 4.90 Å². The minimum Gasteiger partial charge on any atom is -0.283 e. The maximum atomic E-state index is 4.58. The average Bonchev–Trinajstić information content (AvgIpc) is 2.40. The predicted molar refractivity (Wildman–Crippen MR) is 80.6 cm³/mol. The zero-order chi connectivity index (χ0) is 12.8. The van der Waals surface area contributed by atoms with Crippen LogP contribution < -0.4 is 0 Å². The van der Waals surface area contributed by atoms with Gasteiger partial charge < -0.3 is 0 Å². The molecule has 0 radical (unpaired) electrons. The molecule has 0 aliphatic carbocycles. The molecule has 0 N–H and O–H groups in total. The topological polar surface area (TPSA) is 3.24 Å². The van der Waals surface area contributed by atoms with Crippen LogP contribution in [0.2, 0.25) is 0 Å². The molecule has 1 nitrogen and oxygen atoms in total. The monoisotopic (exact) mass is 257 g/mol. The predicted octanol–water partition coefficient (Wildman–Crippen LogP) is 3.96. The van der Waals surface area contributed by atoms with Crippen molar-refractivity contribution in [2.75, 3.05) is 0 Å². The molecule has 0 spiro atoms. The summed E-state index contributed by atoms with van der Waals surface area (Å²) < 4.78 is 0. The van der Waals surface area contributed by atoms with E-state index in [0.29, 0.717) is 0 Å². The van der Waals surface area contributed by atoms with Crippen LogP contribution in [0.4, 0.5) is 0 Å². The van der Waals surface area contributed by atoms with Gasteiger partial charge in [-0.2, -0.15) is 12.6 Å². The Morgan fingerprint density at radius 3 is 1.56 bits per heavy atom. The van der Waals surface area contributed by atoms with E-state index in [9.17, 15) is 0 Å². The van der Waals surface area contributed by atoms with Crippen molar-refractivity contribution in [3.05, 3.63) is 71.8 Å². The van der Waals surface area contributed by atoms with Gasteiger partial charge in [0, 0.05) is 13.1 Å². The number of thiol groups is 1. The van der Waals surface area contributed by atoms with Crippen LogP contribution in [0.1, 0.15) is 18.1 Å². The van der Waals surface area contributed by atoms with Gasteiger partial charge in [-0.05, 0) is 18.1 Å². The van der Waals surface area contributed by atoms with E-state index in [1.807, 2.05) is 0 Å². The third-order valence-corrected chi connectivity index (χ3v) is 3.31. The van der Waals surface area contributed by atoms with E-state index in [0.717, 1.165) is 13.1 Å². The first kappa shape index (κ1) is 13.2. The van der Waals surface area contributed by atoms with E-state index >= 15 is 0 Å². The Morgan fingerprint density at radius 1 is 0.833 bits per heavy atom. The second-order valence-corrected chi connectivity index (χ2v) is 5.26. The van der Waals surface area contributed by atoms with Gasteiger partial charge in [0.2, 0.25) is 0 Å². The summed E-state index contributed by atoms with van der Waals surface area (Å²) in [6, 6.07) is 21.1. The SMILES string of the molecule is CC(S)N(Cc1ccccc1)Cc1ccccc1. The molecule has 0 aliphatic heterocycles. The Morgan fingerprint density at radius 2 is 1.22 bits per heavy atom. The van der Waals surface area contributed by atoms with Crippen molar-refractivity contribution in [2.24, 2.45) is 0 Å². The molecule has 0 heterocycles. The normalized spacial score (nSPS) is 12.6. The molecular formula is C16H19NS. The van der Waals surface area contributed by atoms with Crippen molar-refractivity contribution in [1.82, 2.24) is 4.90 Å². The summed E-state index contributed by atoms with van der Waals surface area (Å²) in [7, 11) is 0. The Labute approximate surface area is 115 Å². The van der Waals surface area contributed by atoms with Crippen LogP contribution in [0.5, 0.6) is 0 Å². The first-order chi connectivity index (χ1) is 8.75.